The molecule has 0 aromatic heterocycles. The number of amides is 1. The summed E-state index contributed by atoms with van der Waals surface area (Å²) in [6.07, 6.45) is 0.792. The minimum Gasteiger partial charge on any atom is -0.508 e. The third-order valence-electron chi connectivity index (χ3n) is 3.91. The Balaban J connectivity index is 1.59. The van der Waals surface area contributed by atoms with Crippen LogP contribution in [0.15, 0.2) is 48.5 Å². The van der Waals surface area contributed by atoms with Crippen LogP contribution in [0.25, 0.3) is 0 Å². The molecule has 1 fully saturated rings. The minimum atomic E-state index is -0.0363. The van der Waals surface area contributed by atoms with E-state index in [1.54, 1.807) is 24.1 Å². The van der Waals surface area contributed by atoms with Gasteiger partial charge in [0.05, 0.1) is 13.7 Å². The molecule has 0 bridgehead atoms. The van der Waals surface area contributed by atoms with Crippen LogP contribution in [0, 0.1) is 0 Å². The molecule has 2 aromatic carbocycles. The molecule has 0 unspecified atom stereocenters. The summed E-state index contributed by atoms with van der Waals surface area (Å²) in [6.45, 7) is 1.23. The number of phenols is 1. The maximum Gasteiger partial charge on any atom is 0.253 e. The van der Waals surface area contributed by atoms with Crippen molar-refractivity contribution in [1.29, 1.82) is 0 Å². The molecular formula is C18H19NO4. The summed E-state index contributed by atoms with van der Waals surface area (Å²) in [4.78, 5) is 14.2. The lowest BCUT2D eigenvalue weighted by molar-refractivity contribution is 0.0772. The van der Waals surface area contributed by atoms with Crippen LogP contribution in [-0.2, 0) is 0 Å². The number of phenolic OH excluding ortho intramolecular Hbond substituents is 1. The van der Waals surface area contributed by atoms with Crippen molar-refractivity contribution < 1.29 is 19.4 Å². The van der Waals surface area contributed by atoms with Gasteiger partial charge < -0.3 is 19.5 Å². The van der Waals surface area contributed by atoms with E-state index in [1.807, 2.05) is 24.3 Å². The summed E-state index contributed by atoms with van der Waals surface area (Å²) in [6, 6.07) is 13.7. The molecule has 1 heterocycles. The van der Waals surface area contributed by atoms with Crippen LogP contribution in [0.3, 0.4) is 0 Å². The van der Waals surface area contributed by atoms with E-state index in [0.717, 1.165) is 17.9 Å². The highest BCUT2D eigenvalue weighted by molar-refractivity contribution is 5.94. The Kier molecular flexibility index (Phi) is 4.37. The summed E-state index contributed by atoms with van der Waals surface area (Å²) in [5, 5.41) is 9.29. The van der Waals surface area contributed by atoms with E-state index in [-0.39, 0.29) is 17.8 Å². The molecule has 1 saturated heterocycles. The van der Waals surface area contributed by atoms with Crippen LogP contribution in [0.5, 0.6) is 17.2 Å². The molecule has 120 valence electrons. The highest BCUT2D eigenvalue weighted by Crippen LogP contribution is 2.22. The summed E-state index contributed by atoms with van der Waals surface area (Å²) < 4.78 is 11.0. The van der Waals surface area contributed by atoms with Crippen LogP contribution in [0.4, 0.5) is 0 Å². The first-order chi connectivity index (χ1) is 11.2. The van der Waals surface area contributed by atoms with Crippen molar-refractivity contribution in [2.24, 2.45) is 0 Å². The molecule has 1 amide bonds. The predicted octanol–water partition coefficient (Wildman–Crippen LogP) is 2.69. The first-order valence-corrected chi connectivity index (χ1v) is 7.55. The minimum absolute atomic E-state index is 0.00976. The standard InChI is InChI=1S/C18H19NO4/c1-22-15-6-8-16(9-7-15)23-17-10-11-19(12-17)18(21)13-2-4-14(20)5-3-13/h2-9,17,20H,10-12H2,1H3/t17-/m1/s1. The van der Waals surface area contributed by atoms with E-state index >= 15 is 0 Å². The maximum atomic E-state index is 12.4. The van der Waals surface area contributed by atoms with E-state index in [0.29, 0.717) is 18.7 Å². The SMILES string of the molecule is COc1ccc(O[C@@H]2CCN(C(=O)c3ccc(O)cc3)C2)cc1. The fraction of sp³-hybridized carbons (Fsp3) is 0.278. The van der Waals surface area contributed by atoms with Gasteiger partial charge in [-0.15, -0.1) is 0 Å². The van der Waals surface area contributed by atoms with Gasteiger partial charge in [-0.25, -0.2) is 0 Å². The fourth-order valence-electron chi connectivity index (χ4n) is 2.64. The van der Waals surface area contributed by atoms with Crippen molar-refractivity contribution in [2.75, 3.05) is 20.2 Å². The summed E-state index contributed by atoms with van der Waals surface area (Å²) >= 11 is 0. The van der Waals surface area contributed by atoms with E-state index in [1.165, 1.54) is 12.1 Å². The molecule has 5 heteroatoms. The maximum absolute atomic E-state index is 12.4. The van der Waals surface area contributed by atoms with Crippen LogP contribution < -0.4 is 9.47 Å². The Labute approximate surface area is 135 Å². The Morgan fingerprint density at radius 1 is 1.09 bits per heavy atom. The molecule has 23 heavy (non-hydrogen) atoms. The molecule has 3 rings (SSSR count). The largest absolute Gasteiger partial charge is 0.508 e. The lowest BCUT2D eigenvalue weighted by atomic mass is 10.2. The van der Waals surface area contributed by atoms with Crippen molar-refractivity contribution in [3.63, 3.8) is 0 Å². The topological polar surface area (TPSA) is 59.0 Å². The van der Waals surface area contributed by atoms with Gasteiger partial charge in [-0.2, -0.15) is 0 Å². The number of likely N-dealkylation sites (tertiary alicyclic amines) is 1. The number of rotatable bonds is 4. The van der Waals surface area contributed by atoms with Crippen molar-refractivity contribution in [3.05, 3.63) is 54.1 Å². The Morgan fingerprint density at radius 2 is 1.74 bits per heavy atom. The van der Waals surface area contributed by atoms with Gasteiger partial charge in [0.15, 0.2) is 0 Å². The van der Waals surface area contributed by atoms with Crippen LogP contribution >= 0.6 is 0 Å². The summed E-state index contributed by atoms with van der Waals surface area (Å²) in [5.41, 5.74) is 0.577. The molecule has 0 radical (unpaired) electrons. The number of hydrogen-bond donors (Lipinski definition) is 1. The normalized spacial score (nSPS) is 17.1. The van der Waals surface area contributed by atoms with Crippen molar-refractivity contribution >= 4 is 5.91 Å². The van der Waals surface area contributed by atoms with Crippen molar-refractivity contribution in [1.82, 2.24) is 4.90 Å². The van der Waals surface area contributed by atoms with Gasteiger partial charge in [0.2, 0.25) is 0 Å². The number of carbonyl (C=O) groups excluding carboxylic acids is 1. The zero-order chi connectivity index (χ0) is 16.2. The van der Waals surface area contributed by atoms with Gasteiger partial charge in [-0.3, -0.25) is 4.79 Å². The van der Waals surface area contributed by atoms with E-state index in [9.17, 15) is 9.90 Å². The molecule has 1 aliphatic heterocycles. The second kappa shape index (κ2) is 6.60. The number of methoxy groups -OCH3 is 1. The quantitative estimate of drug-likeness (QED) is 0.943. The molecule has 0 saturated carbocycles. The third kappa shape index (κ3) is 3.56. The van der Waals surface area contributed by atoms with Gasteiger partial charge in [0.1, 0.15) is 23.4 Å². The monoisotopic (exact) mass is 313 g/mol. The van der Waals surface area contributed by atoms with Gasteiger partial charge in [-0.05, 0) is 48.5 Å². The molecule has 1 N–H and O–H groups in total. The lowest BCUT2D eigenvalue weighted by Crippen LogP contribution is -2.30. The fourth-order valence-corrected chi connectivity index (χ4v) is 2.64. The van der Waals surface area contributed by atoms with Crippen LogP contribution in [-0.4, -0.2) is 42.2 Å². The van der Waals surface area contributed by atoms with Gasteiger partial charge in [0.25, 0.3) is 5.91 Å². The second-order valence-corrected chi connectivity index (χ2v) is 5.50. The number of hydrogen-bond acceptors (Lipinski definition) is 4. The average molecular weight is 313 g/mol. The average Bonchev–Trinajstić information content (AvgIpc) is 3.04. The van der Waals surface area contributed by atoms with Crippen molar-refractivity contribution in [2.45, 2.75) is 12.5 Å². The molecule has 5 nitrogen and oxygen atoms in total. The molecule has 1 atom stereocenters. The molecule has 0 spiro atoms. The first-order valence-electron chi connectivity index (χ1n) is 7.55. The number of nitrogens with zero attached hydrogens (tertiary/aromatic N) is 1. The van der Waals surface area contributed by atoms with Gasteiger partial charge >= 0.3 is 0 Å². The Hall–Kier alpha value is -2.69. The van der Waals surface area contributed by atoms with E-state index < -0.39 is 0 Å². The zero-order valence-corrected chi connectivity index (χ0v) is 12.9. The number of benzene rings is 2. The van der Waals surface area contributed by atoms with Crippen molar-refractivity contribution in [3.8, 4) is 17.2 Å². The molecule has 2 aromatic rings. The van der Waals surface area contributed by atoms with Gasteiger partial charge in [-0.1, -0.05) is 0 Å². The van der Waals surface area contributed by atoms with Gasteiger partial charge in [0, 0.05) is 18.5 Å². The van der Waals surface area contributed by atoms with Crippen LogP contribution in [0.1, 0.15) is 16.8 Å². The zero-order valence-electron chi connectivity index (χ0n) is 12.9. The smallest absolute Gasteiger partial charge is 0.253 e. The lowest BCUT2D eigenvalue weighted by Gasteiger charge is -2.17. The number of carbonyl (C=O) groups is 1. The Morgan fingerprint density at radius 3 is 2.39 bits per heavy atom. The predicted molar refractivity (Wildman–Crippen MR) is 86.0 cm³/mol. The highest BCUT2D eigenvalue weighted by atomic mass is 16.5. The second-order valence-electron chi connectivity index (χ2n) is 5.50. The molecule has 0 aliphatic carbocycles. The first kappa shape index (κ1) is 15.2. The van der Waals surface area contributed by atoms with Crippen LogP contribution in [0.2, 0.25) is 0 Å². The summed E-state index contributed by atoms with van der Waals surface area (Å²) in [5.74, 6) is 1.68. The summed E-state index contributed by atoms with van der Waals surface area (Å²) in [7, 11) is 1.62. The third-order valence-corrected chi connectivity index (χ3v) is 3.91. The Bertz CT molecular complexity index is 666. The number of aromatic hydroxyl groups is 1. The van der Waals surface area contributed by atoms with E-state index in [2.05, 4.69) is 0 Å². The molecular weight excluding hydrogens is 294 g/mol. The van der Waals surface area contributed by atoms with E-state index in [4.69, 9.17) is 9.47 Å². The number of ether oxygens (including phenoxy) is 2. The highest BCUT2D eigenvalue weighted by Gasteiger charge is 2.28. The molecule has 1 aliphatic rings.